The third kappa shape index (κ3) is 3.29. The van der Waals surface area contributed by atoms with E-state index in [-0.39, 0.29) is 12.0 Å². The number of piperazine rings is 1. The molecule has 1 aromatic carbocycles. The molecule has 1 saturated heterocycles. The summed E-state index contributed by atoms with van der Waals surface area (Å²) in [4.78, 5) is 17.3. The van der Waals surface area contributed by atoms with Crippen molar-refractivity contribution in [3.8, 4) is 0 Å². The van der Waals surface area contributed by atoms with Gasteiger partial charge < -0.3 is 10.0 Å². The second-order valence-corrected chi connectivity index (χ2v) is 7.38. The molecule has 1 aliphatic carbocycles. The lowest BCUT2D eigenvalue weighted by Crippen LogP contribution is -2.56. The van der Waals surface area contributed by atoms with E-state index in [1.54, 1.807) is 0 Å². The average molecular weight is 316 g/mol. The number of carbonyl (C=O) groups is 1. The third-order valence-electron chi connectivity index (χ3n) is 5.54. The summed E-state index contributed by atoms with van der Waals surface area (Å²) in [7, 11) is 0. The Kier molecular flexibility index (Phi) is 4.74. The highest BCUT2D eigenvalue weighted by atomic mass is 16.3. The zero-order valence-corrected chi connectivity index (χ0v) is 14.2. The predicted octanol–water partition coefficient (Wildman–Crippen LogP) is 2.02. The molecule has 2 atom stereocenters. The molecule has 0 radical (unpaired) electrons. The molecule has 0 bridgehead atoms. The Bertz CT molecular complexity index is 536. The largest absolute Gasteiger partial charge is 0.391 e. The van der Waals surface area contributed by atoms with Gasteiger partial charge in [-0.05, 0) is 38.7 Å². The van der Waals surface area contributed by atoms with Gasteiger partial charge in [0.1, 0.15) is 0 Å². The van der Waals surface area contributed by atoms with Crippen LogP contribution in [0.25, 0.3) is 0 Å². The zero-order valence-electron chi connectivity index (χ0n) is 14.2. The summed E-state index contributed by atoms with van der Waals surface area (Å²) in [5.74, 6) is 0.204. The van der Waals surface area contributed by atoms with Gasteiger partial charge in [-0.15, -0.1) is 0 Å². The summed E-state index contributed by atoms with van der Waals surface area (Å²) in [6.45, 7) is 7.29. The number of carbonyl (C=O) groups excluding carboxylic acids is 1. The first-order chi connectivity index (χ1) is 11.0. The average Bonchev–Trinajstić information content (AvgIpc) is 3.01. The van der Waals surface area contributed by atoms with Gasteiger partial charge in [0.2, 0.25) is 5.91 Å². The summed E-state index contributed by atoms with van der Waals surface area (Å²) in [6.07, 6.45) is 2.94. The topological polar surface area (TPSA) is 43.8 Å². The lowest BCUT2D eigenvalue weighted by atomic mass is 9.83. The van der Waals surface area contributed by atoms with Gasteiger partial charge >= 0.3 is 0 Å². The number of aliphatic hydroxyl groups is 1. The van der Waals surface area contributed by atoms with Gasteiger partial charge in [-0.1, -0.05) is 30.3 Å². The fourth-order valence-electron chi connectivity index (χ4n) is 3.98. The van der Waals surface area contributed by atoms with E-state index in [9.17, 15) is 9.90 Å². The minimum Gasteiger partial charge on any atom is -0.391 e. The Hall–Kier alpha value is -1.39. The first-order valence-corrected chi connectivity index (χ1v) is 8.77. The minimum absolute atomic E-state index is 0.182. The fourth-order valence-corrected chi connectivity index (χ4v) is 3.98. The molecule has 2 fully saturated rings. The molecule has 1 aliphatic heterocycles. The number of rotatable bonds is 3. The maximum Gasteiger partial charge on any atom is 0.232 e. The normalized spacial score (nSPS) is 26.5. The van der Waals surface area contributed by atoms with Crippen LogP contribution in [0.4, 0.5) is 0 Å². The van der Waals surface area contributed by atoms with Crippen LogP contribution in [0.15, 0.2) is 30.3 Å². The molecule has 1 N–H and O–H groups in total. The molecule has 2 aliphatic rings. The predicted molar refractivity (Wildman–Crippen MR) is 91.3 cm³/mol. The van der Waals surface area contributed by atoms with Crippen molar-refractivity contribution in [3.05, 3.63) is 35.9 Å². The molecule has 3 rings (SSSR count). The molecule has 0 unspecified atom stereocenters. The van der Waals surface area contributed by atoms with E-state index in [0.29, 0.717) is 6.04 Å². The molecule has 126 valence electrons. The van der Waals surface area contributed by atoms with Crippen LogP contribution in [0.5, 0.6) is 0 Å². The van der Waals surface area contributed by atoms with E-state index >= 15 is 0 Å². The Morgan fingerprint density at radius 1 is 1.09 bits per heavy atom. The van der Waals surface area contributed by atoms with Gasteiger partial charge in [0.15, 0.2) is 0 Å². The highest BCUT2D eigenvalue weighted by Crippen LogP contribution is 2.28. The summed E-state index contributed by atoms with van der Waals surface area (Å²) < 4.78 is 0. The summed E-state index contributed by atoms with van der Waals surface area (Å²) in [5, 5.41) is 10.1. The van der Waals surface area contributed by atoms with Crippen LogP contribution in [0.2, 0.25) is 0 Å². The Labute approximate surface area is 139 Å². The molecule has 1 amide bonds. The minimum atomic E-state index is -0.490. The van der Waals surface area contributed by atoms with E-state index in [1.165, 1.54) is 0 Å². The molecule has 4 nitrogen and oxygen atoms in total. The van der Waals surface area contributed by atoms with Crippen molar-refractivity contribution >= 4 is 5.91 Å². The molecule has 1 saturated carbocycles. The SMILES string of the molecule is CC(C)(C(=O)N1CCN([C@@H]2CCC[C@@H]2O)CC1)c1ccccc1. The van der Waals surface area contributed by atoms with Gasteiger partial charge in [-0.25, -0.2) is 0 Å². The van der Waals surface area contributed by atoms with Crippen molar-refractivity contribution in [3.63, 3.8) is 0 Å². The zero-order chi connectivity index (χ0) is 16.4. The molecule has 1 aromatic rings. The van der Waals surface area contributed by atoms with Crippen LogP contribution >= 0.6 is 0 Å². The van der Waals surface area contributed by atoms with Crippen molar-refractivity contribution < 1.29 is 9.90 Å². The van der Waals surface area contributed by atoms with Crippen molar-refractivity contribution in [2.24, 2.45) is 0 Å². The van der Waals surface area contributed by atoms with Gasteiger partial charge in [-0.2, -0.15) is 0 Å². The standard InChI is InChI=1S/C19H28N2O2/c1-19(2,15-7-4-3-5-8-15)18(23)21-13-11-20(12-14-21)16-9-6-10-17(16)22/h3-5,7-8,16-17,22H,6,9-14H2,1-2H3/t16-,17+/m1/s1. The van der Waals surface area contributed by atoms with E-state index in [1.807, 2.05) is 49.1 Å². The highest BCUT2D eigenvalue weighted by Gasteiger charge is 2.37. The maximum absolute atomic E-state index is 13.0. The summed E-state index contributed by atoms with van der Waals surface area (Å²) >= 11 is 0. The second kappa shape index (κ2) is 6.62. The van der Waals surface area contributed by atoms with E-state index in [2.05, 4.69) is 4.90 Å². The number of hydrogen-bond acceptors (Lipinski definition) is 3. The van der Waals surface area contributed by atoms with E-state index < -0.39 is 5.41 Å². The molecular weight excluding hydrogens is 288 g/mol. The van der Waals surface area contributed by atoms with Gasteiger partial charge in [0.05, 0.1) is 11.5 Å². The lowest BCUT2D eigenvalue weighted by Gasteiger charge is -2.41. The second-order valence-electron chi connectivity index (χ2n) is 7.38. The molecule has 4 heteroatoms. The van der Waals surface area contributed by atoms with Crippen molar-refractivity contribution in [2.75, 3.05) is 26.2 Å². The monoisotopic (exact) mass is 316 g/mol. The van der Waals surface area contributed by atoms with Crippen LogP contribution < -0.4 is 0 Å². The first kappa shape index (κ1) is 16.5. The fraction of sp³-hybridized carbons (Fsp3) is 0.632. The van der Waals surface area contributed by atoms with Crippen LogP contribution in [-0.4, -0.2) is 59.1 Å². The van der Waals surface area contributed by atoms with E-state index in [0.717, 1.165) is 51.0 Å². The van der Waals surface area contributed by atoms with Gasteiger partial charge in [-0.3, -0.25) is 9.69 Å². The Morgan fingerprint density at radius 3 is 2.30 bits per heavy atom. The van der Waals surface area contributed by atoms with Crippen molar-refractivity contribution in [1.82, 2.24) is 9.80 Å². The molecule has 1 heterocycles. The van der Waals surface area contributed by atoms with Crippen LogP contribution in [0.3, 0.4) is 0 Å². The van der Waals surface area contributed by atoms with Gasteiger partial charge in [0.25, 0.3) is 0 Å². The highest BCUT2D eigenvalue weighted by molar-refractivity contribution is 5.87. The maximum atomic E-state index is 13.0. The third-order valence-corrected chi connectivity index (χ3v) is 5.54. The Balaban J connectivity index is 1.62. The van der Waals surface area contributed by atoms with Crippen LogP contribution in [-0.2, 0) is 10.2 Å². The number of aliphatic hydroxyl groups excluding tert-OH is 1. The van der Waals surface area contributed by atoms with Crippen LogP contribution in [0.1, 0.15) is 38.7 Å². The van der Waals surface area contributed by atoms with Crippen molar-refractivity contribution in [1.29, 1.82) is 0 Å². The number of benzene rings is 1. The Morgan fingerprint density at radius 2 is 1.74 bits per heavy atom. The summed E-state index contributed by atoms with van der Waals surface area (Å²) in [5.41, 5.74) is 0.578. The number of hydrogen-bond donors (Lipinski definition) is 1. The first-order valence-electron chi connectivity index (χ1n) is 8.77. The number of nitrogens with zero attached hydrogens (tertiary/aromatic N) is 2. The lowest BCUT2D eigenvalue weighted by molar-refractivity contribution is -0.138. The van der Waals surface area contributed by atoms with Crippen molar-refractivity contribution in [2.45, 2.75) is 50.7 Å². The quantitative estimate of drug-likeness (QED) is 0.928. The molecular formula is C19H28N2O2. The van der Waals surface area contributed by atoms with Gasteiger partial charge in [0, 0.05) is 32.2 Å². The molecule has 0 aromatic heterocycles. The number of amides is 1. The molecule has 0 spiro atoms. The summed E-state index contributed by atoms with van der Waals surface area (Å²) in [6, 6.07) is 10.3. The van der Waals surface area contributed by atoms with E-state index in [4.69, 9.17) is 0 Å². The molecule has 23 heavy (non-hydrogen) atoms. The smallest absolute Gasteiger partial charge is 0.232 e. The van der Waals surface area contributed by atoms with Crippen LogP contribution in [0, 0.1) is 0 Å².